The van der Waals surface area contributed by atoms with Crippen LogP contribution in [0.2, 0.25) is 0 Å². The van der Waals surface area contributed by atoms with E-state index in [1.165, 1.54) is 37.8 Å². The first kappa shape index (κ1) is 35.1. The second-order valence-corrected chi connectivity index (χ2v) is 13.4. The molecule has 2 aliphatic carbocycles. The quantitative estimate of drug-likeness (QED) is 0.0837. The Hall–Kier alpha value is -4.26. The molecule has 5 rings (SSSR count). The lowest BCUT2D eigenvalue weighted by molar-refractivity contribution is -0.141. The number of hydrogen-bond acceptors (Lipinski definition) is 6. The summed E-state index contributed by atoms with van der Waals surface area (Å²) in [6.45, 7) is 4.20. The zero-order valence-corrected chi connectivity index (χ0v) is 28.1. The fourth-order valence-corrected chi connectivity index (χ4v) is 6.69. The van der Waals surface area contributed by atoms with Gasteiger partial charge < -0.3 is 14.2 Å². The number of rotatable bonds is 12. The molecule has 0 aliphatic heterocycles. The van der Waals surface area contributed by atoms with E-state index in [-0.39, 0.29) is 35.7 Å². The van der Waals surface area contributed by atoms with Gasteiger partial charge in [0.15, 0.2) is 0 Å². The molecule has 0 aromatic heterocycles. The van der Waals surface area contributed by atoms with Crippen molar-refractivity contribution in [3.05, 3.63) is 94.8 Å². The molecular formula is C41H47FO6. The van der Waals surface area contributed by atoms with Crippen LogP contribution in [0, 0.1) is 30.5 Å². The van der Waals surface area contributed by atoms with Crippen LogP contribution in [-0.2, 0) is 14.3 Å². The molecular weight excluding hydrogens is 607 g/mol. The van der Waals surface area contributed by atoms with Crippen LogP contribution < -0.4 is 9.47 Å². The zero-order valence-electron chi connectivity index (χ0n) is 28.1. The summed E-state index contributed by atoms with van der Waals surface area (Å²) in [4.78, 5) is 38.6. The molecule has 2 saturated carbocycles. The highest BCUT2D eigenvalue weighted by molar-refractivity contribution is 5.89. The molecule has 254 valence electrons. The Balaban J connectivity index is 1.04. The normalized spacial score (nSPS) is 21.1. The Labute approximate surface area is 283 Å². The first-order chi connectivity index (χ1) is 23.3. The Morgan fingerprint density at radius 3 is 1.98 bits per heavy atom. The summed E-state index contributed by atoms with van der Waals surface area (Å²) in [5.74, 6) is 0.112. The molecule has 0 atom stereocenters. The van der Waals surface area contributed by atoms with Crippen LogP contribution in [0.15, 0.2) is 66.7 Å². The van der Waals surface area contributed by atoms with Gasteiger partial charge in [-0.05, 0) is 129 Å². The minimum atomic E-state index is -0.429. The third-order valence-electron chi connectivity index (χ3n) is 9.78. The largest absolute Gasteiger partial charge is 0.459 e. The Kier molecular flexibility index (Phi) is 12.6. The Bertz CT molecular complexity index is 1540. The molecule has 48 heavy (non-hydrogen) atoms. The molecule has 6 nitrogen and oxygen atoms in total. The van der Waals surface area contributed by atoms with Gasteiger partial charge in [-0.1, -0.05) is 63.0 Å². The molecule has 2 aliphatic rings. The second kappa shape index (κ2) is 17.2. The van der Waals surface area contributed by atoms with Crippen molar-refractivity contribution in [2.24, 2.45) is 17.8 Å². The van der Waals surface area contributed by atoms with Crippen LogP contribution in [-0.4, -0.2) is 24.0 Å². The van der Waals surface area contributed by atoms with E-state index in [0.717, 1.165) is 48.3 Å². The fraction of sp³-hybridized carbons (Fsp3) is 0.439. The molecule has 0 bridgehead atoms. The van der Waals surface area contributed by atoms with Gasteiger partial charge in [0.05, 0.1) is 17.4 Å². The smallest absolute Gasteiger partial charge is 0.338 e. The van der Waals surface area contributed by atoms with Gasteiger partial charge in [-0.15, -0.1) is 0 Å². The van der Waals surface area contributed by atoms with Crippen LogP contribution in [0.25, 0.3) is 12.2 Å². The van der Waals surface area contributed by atoms with Gasteiger partial charge in [0.1, 0.15) is 23.4 Å². The van der Waals surface area contributed by atoms with Crippen LogP contribution in [0.1, 0.15) is 111 Å². The number of aryl methyl sites for hydroxylation is 1. The third-order valence-corrected chi connectivity index (χ3v) is 9.78. The van der Waals surface area contributed by atoms with E-state index in [0.29, 0.717) is 42.7 Å². The number of carbonyl (C=O) groups excluding carboxylic acids is 3. The molecule has 0 spiro atoms. The number of unbranched alkanes of at least 4 members (excludes halogenated alkanes) is 2. The maximum atomic E-state index is 13.2. The number of esters is 3. The zero-order chi connectivity index (χ0) is 33.9. The van der Waals surface area contributed by atoms with Crippen LogP contribution in [0.5, 0.6) is 11.5 Å². The van der Waals surface area contributed by atoms with E-state index >= 15 is 0 Å². The molecule has 0 saturated heterocycles. The molecule has 3 aromatic rings. The van der Waals surface area contributed by atoms with Crippen molar-refractivity contribution in [3.8, 4) is 11.5 Å². The van der Waals surface area contributed by atoms with Crippen molar-refractivity contribution in [3.63, 3.8) is 0 Å². The topological polar surface area (TPSA) is 78.9 Å². The highest BCUT2D eigenvalue weighted by Crippen LogP contribution is 2.33. The number of carbonyl (C=O) groups is 3. The lowest BCUT2D eigenvalue weighted by Gasteiger charge is -2.27. The van der Waals surface area contributed by atoms with Gasteiger partial charge in [0, 0.05) is 0 Å². The average Bonchev–Trinajstić information content (AvgIpc) is 3.10. The third kappa shape index (κ3) is 10.1. The molecule has 7 heteroatoms. The van der Waals surface area contributed by atoms with E-state index < -0.39 is 5.97 Å². The second-order valence-electron chi connectivity index (χ2n) is 13.4. The van der Waals surface area contributed by atoms with Crippen molar-refractivity contribution in [1.82, 2.24) is 0 Å². The molecule has 0 unspecified atom stereocenters. The van der Waals surface area contributed by atoms with Crippen molar-refractivity contribution >= 4 is 30.1 Å². The van der Waals surface area contributed by atoms with Gasteiger partial charge in [-0.25, -0.2) is 9.18 Å². The molecule has 0 radical (unpaired) electrons. The maximum absolute atomic E-state index is 13.2. The average molecular weight is 655 g/mol. The summed E-state index contributed by atoms with van der Waals surface area (Å²) in [6.07, 6.45) is 14.8. The summed E-state index contributed by atoms with van der Waals surface area (Å²) in [5.41, 5.74) is 3.19. The fourth-order valence-electron chi connectivity index (χ4n) is 6.69. The molecule has 3 aromatic carbocycles. The summed E-state index contributed by atoms with van der Waals surface area (Å²) < 4.78 is 30.3. The van der Waals surface area contributed by atoms with Crippen LogP contribution >= 0.6 is 0 Å². The van der Waals surface area contributed by atoms with Crippen molar-refractivity contribution in [1.29, 1.82) is 0 Å². The van der Waals surface area contributed by atoms with E-state index in [9.17, 15) is 18.8 Å². The first-order valence-corrected chi connectivity index (χ1v) is 17.6. The number of hydrogen-bond donors (Lipinski definition) is 0. The minimum Gasteiger partial charge on any atom is -0.459 e. The molecule has 0 N–H and O–H groups in total. The maximum Gasteiger partial charge on any atom is 0.338 e. The Morgan fingerprint density at radius 2 is 1.33 bits per heavy atom. The molecule has 0 amide bonds. The predicted octanol–water partition coefficient (Wildman–Crippen LogP) is 9.92. The van der Waals surface area contributed by atoms with E-state index in [4.69, 9.17) is 14.2 Å². The number of halogens is 1. The summed E-state index contributed by atoms with van der Waals surface area (Å²) >= 11 is 0. The minimum absolute atomic E-state index is 0.0602. The lowest BCUT2D eigenvalue weighted by atomic mass is 9.80. The first-order valence-electron chi connectivity index (χ1n) is 17.6. The summed E-state index contributed by atoms with van der Waals surface area (Å²) in [5, 5.41) is 0. The standard InChI is InChI=1S/C41H47FO6/c1-3-4-5-6-29-8-13-31(14-9-29)39(43)46-36-23-16-32(17-24-36)40(44)47-37-25-18-33(19-26-37)41(45)48-38-22-7-28(2)34(27-38)15-10-30-11-20-35(42)21-12-30/h7,10-12,15-17,20-24,27,29,31,33,37H,3-6,8-9,13-14,18-19,25-26H2,1-2H3. The van der Waals surface area contributed by atoms with Gasteiger partial charge in [0.2, 0.25) is 0 Å². The number of ether oxygens (including phenoxy) is 3. The van der Waals surface area contributed by atoms with Crippen molar-refractivity contribution in [2.45, 2.75) is 97.0 Å². The SMILES string of the molecule is CCCCCC1CCC(C(=O)Oc2ccc(C(=O)OC3CCC(C(=O)Oc4ccc(C)c(C=Cc5ccc(F)cc5)c4)CC3)cc2)CC1. The molecule has 2 fully saturated rings. The van der Waals surface area contributed by atoms with Crippen molar-refractivity contribution < 1.29 is 33.0 Å². The van der Waals surface area contributed by atoms with Gasteiger partial charge in [-0.2, -0.15) is 0 Å². The van der Waals surface area contributed by atoms with Crippen LogP contribution in [0.4, 0.5) is 4.39 Å². The highest BCUT2D eigenvalue weighted by Gasteiger charge is 2.30. The van der Waals surface area contributed by atoms with Gasteiger partial charge >= 0.3 is 17.9 Å². The number of benzene rings is 3. The van der Waals surface area contributed by atoms with E-state index in [1.54, 1.807) is 42.5 Å². The van der Waals surface area contributed by atoms with E-state index in [2.05, 4.69) is 6.92 Å². The lowest BCUT2D eigenvalue weighted by Crippen LogP contribution is -2.30. The summed E-state index contributed by atoms with van der Waals surface area (Å²) in [7, 11) is 0. The van der Waals surface area contributed by atoms with Crippen molar-refractivity contribution in [2.75, 3.05) is 0 Å². The van der Waals surface area contributed by atoms with Gasteiger partial charge in [0.25, 0.3) is 0 Å². The highest BCUT2D eigenvalue weighted by atomic mass is 19.1. The van der Waals surface area contributed by atoms with E-state index in [1.807, 2.05) is 31.2 Å². The monoisotopic (exact) mass is 654 g/mol. The molecule has 0 heterocycles. The Morgan fingerprint density at radius 1 is 0.729 bits per heavy atom. The summed E-state index contributed by atoms with van der Waals surface area (Å²) in [6, 6.07) is 18.3. The van der Waals surface area contributed by atoms with Gasteiger partial charge in [-0.3, -0.25) is 9.59 Å². The van der Waals surface area contributed by atoms with Crippen LogP contribution in [0.3, 0.4) is 0 Å². The predicted molar refractivity (Wildman–Crippen MR) is 185 cm³/mol.